The maximum atomic E-state index is 5.48. The number of hydrogen-bond acceptors (Lipinski definition) is 4. The van der Waals surface area contributed by atoms with Crippen LogP contribution in [0.5, 0.6) is 0 Å². The zero-order valence-electron chi connectivity index (χ0n) is 40.5. The topological polar surface area (TPSA) is 48.5 Å². The second kappa shape index (κ2) is 17.5. The molecule has 15 aromatic rings. The molecule has 0 aliphatic heterocycles. The fourth-order valence-corrected chi connectivity index (χ4v) is 12.8. The highest BCUT2D eigenvalue weighted by Crippen LogP contribution is 2.48. The standard InChI is InChI=1S/C69H43N5S/c1-4-21-44(22-5-1)47-27-20-28-48(43-47)67-70-68(57-33-11-10-29-49(57)45-23-6-2-7-24-45)72-69(71-67)58-34-15-19-38-62(58)74-61-37-18-14-32-52(61)54-40-42-56-55-41-39-53-51-31-13-17-36-60(51)73(63(53)65(55)75-66(56)64(54)74)59-35-16-12-30-50(59)46-25-8-3-9-26-46/h1-43H. The van der Waals surface area contributed by atoms with Gasteiger partial charge in [0.15, 0.2) is 17.5 Å². The summed E-state index contributed by atoms with van der Waals surface area (Å²) in [5.41, 5.74) is 16.3. The van der Waals surface area contributed by atoms with Crippen LogP contribution in [0.2, 0.25) is 0 Å². The Balaban J connectivity index is 0.999. The molecule has 4 heterocycles. The van der Waals surface area contributed by atoms with Crippen LogP contribution in [0.25, 0.3) is 143 Å². The van der Waals surface area contributed by atoms with Crippen LogP contribution in [0, 0.1) is 0 Å². The summed E-state index contributed by atoms with van der Waals surface area (Å²) in [6, 6.07) is 93.1. The SMILES string of the molecule is c1ccc(-c2cccc(-c3nc(-c4ccccc4-c4ccccc4)nc(-c4ccccc4-n4c5ccccc5c5ccc6c7ccc8c9ccccc9n(-c9ccccc9-c9ccccc9)c8c7sc6c54)n3)c2)cc1. The Kier molecular flexibility index (Phi) is 10.00. The number of aromatic nitrogens is 5. The molecule has 0 fully saturated rings. The Morgan fingerprint density at radius 1 is 0.253 bits per heavy atom. The van der Waals surface area contributed by atoms with E-state index in [1.54, 1.807) is 0 Å². The molecule has 0 unspecified atom stereocenters. The number of nitrogens with zero attached hydrogens (tertiary/aromatic N) is 5. The first-order chi connectivity index (χ1) is 37.2. The van der Waals surface area contributed by atoms with Gasteiger partial charge >= 0.3 is 0 Å². The van der Waals surface area contributed by atoms with Gasteiger partial charge in [0.25, 0.3) is 0 Å². The normalized spacial score (nSPS) is 11.7. The van der Waals surface area contributed by atoms with Gasteiger partial charge in [-0.05, 0) is 64.2 Å². The lowest BCUT2D eigenvalue weighted by atomic mass is 9.99. The molecule has 0 amide bonds. The molecule has 0 spiro atoms. The fourth-order valence-electron chi connectivity index (χ4n) is 11.4. The molecule has 0 atom stereocenters. The van der Waals surface area contributed by atoms with Crippen molar-refractivity contribution in [2.75, 3.05) is 0 Å². The Bertz CT molecular complexity index is 4700. The summed E-state index contributed by atoms with van der Waals surface area (Å²) in [4.78, 5) is 16.3. The highest BCUT2D eigenvalue weighted by atomic mass is 32.1. The Hall–Kier alpha value is -9.75. The van der Waals surface area contributed by atoms with E-state index in [0.29, 0.717) is 17.5 Å². The third-order valence-electron chi connectivity index (χ3n) is 14.8. The average Bonchev–Trinajstić information content (AvgIpc) is 4.16. The molecule has 0 saturated heterocycles. The number of benzene rings is 11. The molecule has 0 N–H and O–H groups in total. The third-order valence-corrected chi connectivity index (χ3v) is 16.0. The Morgan fingerprint density at radius 2 is 0.653 bits per heavy atom. The van der Waals surface area contributed by atoms with Crippen molar-refractivity contribution in [2.24, 2.45) is 0 Å². The number of rotatable bonds is 8. The molecule has 5 nitrogen and oxygen atoms in total. The van der Waals surface area contributed by atoms with E-state index in [1.165, 1.54) is 63.9 Å². The van der Waals surface area contributed by atoms with Gasteiger partial charge in [0.05, 0.1) is 42.8 Å². The summed E-state index contributed by atoms with van der Waals surface area (Å²) in [5, 5.41) is 7.30. The van der Waals surface area contributed by atoms with Crippen LogP contribution < -0.4 is 0 Å². The largest absolute Gasteiger partial charge is 0.307 e. The van der Waals surface area contributed by atoms with Gasteiger partial charge in [0, 0.05) is 54.6 Å². The summed E-state index contributed by atoms with van der Waals surface area (Å²) < 4.78 is 7.45. The smallest absolute Gasteiger partial charge is 0.166 e. The van der Waals surface area contributed by atoms with Crippen molar-refractivity contribution in [3.8, 4) is 78.9 Å². The van der Waals surface area contributed by atoms with Crippen LogP contribution in [0.4, 0.5) is 0 Å². The molecule has 350 valence electrons. The van der Waals surface area contributed by atoms with E-state index in [4.69, 9.17) is 15.0 Å². The van der Waals surface area contributed by atoms with Gasteiger partial charge in [-0.2, -0.15) is 0 Å². The van der Waals surface area contributed by atoms with Crippen LogP contribution in [0.1, 0.15) is 0 Å². The quantitative estimate of drug-likeness (QED) is 0.152. The lowest BCUT2D eigenvalue weighted by Crippen LogP contribution is -2.04. The van der Waals surface area contributed by atoms with Gasteiger partial charge in [0.1, 0.15) is 0 Å². The van der Waals surface area contributed by atoms with Crippen molar-refractivity contribution in [3.63, 3.8) is 0 Å². The van der Waals surface area contributed by atoms with Crippen molar-refractivity contribution >= 4 is 75.1 Å². The monoisotopic (exact) mass is 973 g/mol. The minimum atomic E-state index is 0.594. The average molecular weight is 974 g/mol. The molecule has 0 saturated carbocycles. The molecule has 0 radical (unpaired) electrons. The van der Waals surface area contributed by atoms with Crippen LogP contribution in [0.3, 0.4) is 0 Å². The van der Waals surface area contributed by atoms with Crippen LogP contribution in [0.15, 0.2) is 261 Å². The number of para-hydroxylation sites is 4. The summed E-state index contributed by atoms with van der Waals surface area (Å²) in [7, 11) is 0. The zero-order chi connectivity index (χ0) is 49.4. The first kappa shape index (κ1) is 42.9. The van der Waals surface area contributed by atoms with E-state index in [-0.39, 0.29) is 0 Å². The van der Waals surface area contributed by atoms with Gasteiger partial charge < -0.3 is 9.13 Å². The molecule has 0 aliphatic carbocycles. The highest BCUT2D eigenvalue weighted by Gasteiger charge is 2.25. The van der Waals surface area contributed by atoms with Crippen LogP contribution >= 0.6 is 11.3 Å². The number of fused-ring (bicyclic) bond motifs is 11. The molecular weight excluding hydrogens is 931 g/mol. The second-order valence-corrected chi connectivity index (χ2v) is 20.1. The van der Waals surface area contributed by atoms with Crippen molar-refractivity contribution in [2.45, 2.75) is 0 Å². The van der Waals surface area contributed by atoms with E-state index < -0.39 is 0 Å². The molecule has 0 bridgehead atoms. The van der Waals surface area contributed by atoms with E-state index in [0.717, 1.165) is 61.4 Å². The van der Waals surface area contributed by atoms with Gasteiger partial charge in [0.2, 0.25) is 0 Å². The number of hydrogen-bond donors (Lipinski definition) is 0. The fraction of sp³-hybridized carbons (Fsp3) is 0. The Labute approximate surface area is 436 Å². The molecule has 0 aliphatic rings. The first-order valence-corrected chi connectivity index (χ1v) is 26.2. The molecule has 11 aromatic carbocycles. The minimum Gasteiger partial charge on any atom is -0.307 e. The molecular formula is C69H43N5S. The predicted molar refractivity (Wildman–Crippen MR) is 314 cm³/mol. The molecule has 15 rings (SSSR count). The van der Waals surface area contributed by atoms with Gasteiger partial charge in [-0.3, -0.25) is 0 Å². The molecule has 75 heavy (non-hydrogen) atoms. The summed E-state index contributed by atoms with van der Waals surface area (Å²) in [6.07, 6.45) is 0. The van der Waals surface area contributed by atoms with Crippen molar-refractivity contribution in [1.29, 1.82) is 0 Å². The van der Waals surface area contributed by atoms with E-state index >= 15 is 0 Å². The van der Waals surface area contributed by atoms with Gasteiger partial charge in [-0.15, -0.1) is 11.3 Å². The second-order valence-electron chi connectivity index (χ2n) is 19.0. The van der Waals surface area contributed by atoms with E-state index in [2.05, 4.69) is 270 Å². The summed E-state index contributed by atoms with van der Waals surface area (Å²) in [5.74, 6) is 1.81. The number of thiophene rings is 1. The lowest BCUT2D eigenvalue weighted by molar-refractivity contribution is 1.07. The van der Waals surface area contributed by atoms with Crippen LogP contribution in [-0.2, 0) is 0 Å². The maximum absolute atomic E-state index is 5.48. The van der Waals surface area contributed by atoms with Gasteiger partial charge in [-0.1, -0.05) is 224 Å². The van der Waals surface area contributed by atoms with Gasteiger partial charge in [-0.25, -0.2) is 15.0 Å². The molecule has 4 aromatic heterocycles. The van der Waals surface area contributed by atoms with Crippen LogP contribution in [-0.4, -0.2) is 24.1 Å². The molecule has 6 heteroatoms. The first-order valence-electron chi connectivity index (χ1n) is 25.4. The summed E-state index contributed by atoms with van der Waals surface area (Å²) >= 11 is 1.89. The Morgan fingerprint density at radius 3 is 1.25 bits per heavy atom. The maximum Gasteiger partial charge on any atom is 0.166 e. The van der Waals surface area contributed by atoms with E-state index in [1.807, 2.05) is 11.3 Å². The minimum absolute atomic E-state index is 0.594. The van der Waals surface area contributed by atoms with Crippen molar-refractivity contribution in [3.05, 3.63) is 261 Å². The van der Waals surface area contributed by atoms with Crippen molar-refractivity contribution < 1.29 is 0 Å². The summed E-state index contributed by atoms with van der Waals surface area (Å²) in [6.45, 7) is 0. The highest BCUT2D eigenvalue weighted by molar-refractivity contribution is 7.27. The van der Waals surface area contributed by atoms with Crippen molar-refractivity contribution in [1.82, 2.24) is 24.1 Å². The predicted octanol–water partition coefficient (Wildman–Crippen LogP) is 18.4. The zero-order valence-corrected chi connectivity index (χ0v) is 41.3. The third kappa shape index (κ3) is 6.95. The van der Waals surface area contributed by atoms with E-state index in [9.17, 15) is 0 Å². The lowest BCUT2D eigenvalue weighted by Gasteiger charge is -2.16.